The first-order valence-electron chi connectivity index (χ1n) is 6.79. The Morgan fingerprint density at radius 1 is 1.09 bits per heavy atom. The van der Waals surface area contributed by atoms with Crippen molar-refractivity contribution in [2.75, 3.05) is 0 Å². The fraction of sp³-hybridized carbons (Fsp3) is 0.0625. The van der Waals surface area contributed by atoms with Crippen LogP contribution in [0.4, 0.5) is 0 Å². The van der Waals surface area contributed by atoms with Gasteiger partial charge in [0.15, 0.2) is 0 Å². The first kappa shape index (κ1) is 15.9. The lowest BCUT2D eigenvalue weighted by Crippen LogP contribution is -2.23. The molecule has 0 fully saturated rings. The molecule has 2 heterocycles. The Kier molecular flexibility index (Phi) is 4.61. The van der Waals surface area contributed by atoms with Crippen molar-refractivity contribution in [1.82, 2.24) is 9.71 Å². The third-order valence-corrected chi connectivity index (χ3v) is 5.09. The Morgan fingerprint density at radius 2 is 1.87 bits per heavy atom. The Bertz CT molecular complexity index is 891. The smallest absolute Gasteiger partial charge is 0.242 e. The molecule has 2 aromatic heterocycles. The standard InChI is InChI=1S/C16H13BrN2O3S/c17-13-5-3-12(4-6-13)16-8-7-14(22-16)10-19-23(20,21)15-2-1-9-18-11-15/h1-9,11,19H,10H2. The van der Waals surface area contributed by atoms with Crippen LogP contribution in [-0.2, 0) is 16.6 Å². The monoisotopic (exact) mass is 392 g/mol. The molecule has 0 bridgehead atoms. The Hall–Kier alpha value is -1.96. The van der Waals surface area contributed by atoms with Crippen molar-refractivity contribution >= 4 is 26.0 Å². The maximum Gasteiger partial charge on any atom is 0.242 e. The van der Waals surface area contributed by atoms with E-state index in [2.05, 4.69) is 25.6 Å². The van der Waals surface area contributed by atoms with Gasteiger partial charge in [0.2, 0.25) is 10.0 Å². The molecule has 0 radical (unpaired) electrons. The Morgan fingerprint density at radius 3 is 2.57 bits per heavy atom. The van der Waals surface area contributed by atoms with Gasteiger partial charge < -0.3 is 4.42 Å². The molecule has 0 aliphatic heterocycles. The van der Waals surface area contributed by atoms with Gasteiger partial charge in [0.1, 0.15) is 16.4 Å². The summed E-state index contributed by atoms with van der Waals surface area (Å²) in [5.41, 5.74) is 0.926. The van der Waals surface area contributed by atoms with Gasteiger partial charge in [0.05, 0.1) is 6.54 Å². The maximum absolute atomic E-state index is 12.1. The SMILES string of the molecule is O=S(=O)(NCc1ccc(-c2ccc(Br)cc2)o1)c1cccnc1. The summed E-state index contributed by atoms with van der Waals surface area (Å²) in [5.74, 6) is 1.23. The van der Waals surface area contributed by atoms with Crippen molar-refractivity contribution in [1.29, 1.82) is 0 Å². The lowest BCUT2D eigenvalue weighted by Gasteiger charge is -2.04. The number of nitrogens with zero attached hydrogens (tertiary/aromatic N) is 1. The highest BCUT2D eigenvalue weighted by Crippen LogP contribution is 2.24. The van der Waals surface area contributed by atoms with Gasteiger partial charge in [-0.15, -0.1) is 0 Å². The van der Waals surface area contributed by atoms with Crippen molar-refractivity contribution in [2.24, 2.45) is 0 Å². The van der Waals surface area contributed by atoms with E-state index in [4.69, 9.17) is 4.42 Å². The predicted molar refractivity (Wildman–Crippen MR) is 90.1 cm³/mol. The van der Waals surface area contributed by atoms with Gasteiger partial charge in [-0.1, -0.05) is 28.1 Å². The molecule has 5 nitrogen and oxygen atoms in total. The minimum Gasteiger partial charge on any atom is -0.460 e. The molecule has 3 aromatic rings. The molecule has 118 valence electrons. The van der Waals surface area contributed by atoms with Crippen molar-refractivity contribution in [3.8, 4) is 11.3 Å². The predicted octanol–water partition coefficient (Wildman–Crippen LogP) is 3.58. The van der Waals surface area contributed by atoms with Gasteiger partial charge in [0.25, 0.3) is 0 Å². The second kappa shape index (κ2) is 6.66. The molecule has 0 aliphatic rings. The third-order valence-electron chi connectivity index (χ3n) is 3.17. The maximum atomic E-state index is 12.1. The number of pyridine rings is 1. The molecule has 3 rings (SSSR count). The van der Waals surface area contributed by atoms with Crippen LogP contribution in [-0.4, -0.2) is 13.4 Å². The van der Waals surface area contributed by atoms with E-state index in [1.54, 1.807) is 12.1 Å². The van der Waals surface area contributed by atoms with Crippen molar-refractivity contribution in [3.63, 3.8) is 0 Å². The van der Waals surface area contributed by atoms with Crippen LogP contribution < -0.4 is 4.72 Å². The van der Waals surface area contributed by atoms with Gasteiger partial charge in [-0.2, -0.15) is 0 Å². The molecule has 0 saturated carbocycles. The van der Waals surface area contributed by atoms with Crippen LogP contribution in [0, 0.1) is 0 Å². The van der Waals surface area contributed by atoms with E-state index in [9.17, 15) is 8.42 Å². The first-order chi connectivity index (χ1) is 11.0. The molecule has 0 unspecified atom stereocenters. The van der Waals surface area contributed by atoms with E-state index in [0.29, 0.717) is 11.5 Å². The number of aromatic nitrogens is 1. The molecule has 1 aromatic carbocycles. The molecular weight excluding hydrogens is 380 g/mol. The van der Waals surface area contributed by atoms with E-state index in [0.717, 1.165) is 10.0 Å². The number of nitrogens with one attached hydrogen (secondary N) is 1. The number of rotatable bonds is 5. The largest absolute Gasteiger partial charge is 0.460 e. The summed E-state index contributed by atoms with van der Waals surface area (Å²) in [5, 5.41) is 0. The number of benzene rings is 1. The summed E-state index contributed by atoms with van der Waals surface area (Å²) in [4.78, 5) is 3.94. The summed E-state index contributed by atoms with van der Waals surface area (Å²) >= 11 is 3.38. The first-order valence-corrected chi connectivity index (χ1v) is 9.06. The highest BCUT2D eigenvalue weighted by molar-refractivity contribution is 9.10. The van der Waals surface area contributed by atoms with Crippen molar-refractivity contribution in [3.05, 3.63) is 71.2 Å². The average Bonchev–Trinajstić information content (AvgIpc) is 3.04. The zero-order valence-electron chi connectivity index (χ0n) is 11.9. The summed E-state index contributed by atoms with van der Waals surface area (Å²) in [6.07, 6.45) is 2.83. The van der Waals surface area contributed by atoms with Crippen molar-refractivity contribution < 1.29 is 12.8 Å². The third kappa shape index (κ3) is 3.87. The lowest BCUT2D eigenvalue weighted by molar-refractivity contribution is 0.509. The van der Waals surface area contributed by atoms with Gasteiger partial charge in [0, 0.05) is 22.4 Å². The number of hydrogen-bond donors (Lipinski definition) is 1. The Labute approximate surface area is 142 Å². The number of hydrogen-bond acceptors (Lipinski definition) is 4. The normalized spacial score (nSPS) is 11.5. The second-order valence-corrected chi connectivity index (χ2v) is 7.47. The van der Waals surface area contributed by atoms with E-state index >= 15 is 0 Å². The minimum absolute atomic E-state index is 0.0771. The fourth-order valence-corrected chi connectivity index (χ4v) is 3.22. The highest BCUT2D eigenvalue weighted by atomic mass is 79.9. The summed E-state index contributed by atoms with van der Waals surface area (Å²) < 4.78 is 33.4. The highest BCUT2D eigenvalue weighted by Gasteiger charge is 2.14. The van der Waals surface area contributed by atoms with Crippen molar-refractivity contribution in [2.45, 2.75) is 11.4 Å². The van der Waals surface area contributed by atoms with Gasteiger partial charge >= 0.3 is 0 Å². The summed E-state index contributed by atoms with van der Waals surface area (Å²) in [7, 11) is -3.60. The molecule has 0 amide bonds. The molecular formula is C16H13BrN2O3S. The molecule has 0 atom stereocenters. The quantitative estimate of drug-likeness (QED) is 0.719. The number of halogens is 1. The number of furan rings is 1. The zero-order chi connectivity index (χ0) is 16.3. The molecule has 0 spiro atoms. The molecule has 0 aliphatic carbocycles. The topological polar surface area (TPSA) is 72.2 Å². The van der Waals surface area contributed by atoms with E-state index < -0.39 is 10.0 Å². The molecule has 0 saturated heterocycles. The van der Waals surface area contributed by atoms with E-state index in [1.165, 1.54) is 18.5 Å². The van der Waals surface area contributed by atoms with Crippen LogP contribution in [0.2, 0.25) is 0 Å². The van der Waals surface area contributed by atoms with Gasteiger partial charge in [-0.25, -0.2) is 13.1 Å². The minimum atomic E-state index is -3.60. The zero-order valence-corrected chi connectivity index (χ0v) is 14.3. The molecule has 23 heavy (non-hydrogen) atoms. The second-order valence-electron chi connectivity index (χ2n) is 4.79. The van der Waals surface area contributed by atoms with Gasteiger partial charge in [-0.3, -0.25) is 4.98 Å². The summed E-state index contributed by atoms with van der Waals surface area (Å²) in [6, 6.07) is 14.3. The van der Waals surface area contributed by atoms with E-state index in [1.807, 2.05) is 30.3 Å². The Balaban J connectivity index is 1.71. The van der Waals surface area contributed by atoms with Crippen LogP contribution in [0.5, 0.6) is 0 Å². The fourth-order valence-electron chi connectivity index (χ4n) is 2.00. The average molecular weight is 393 g/mol. The number of sulfonamides is 1. The van der Waals surface area contributed by atoms with Crippen LogP contribution in [0.25, 0.3) is 11.3 Å². The molecule has 7 heteroatoms. The summed E-state index contributed by atoms with van der Waals surface area (Å²) in [6.45, 7) is 0.0771. The van der Waals surface area contributed by atoms with Crippen LogP contribution in [0.1, 0.15) is 5.76 Å². The lowest BCUT2D eigenvalue weighted by atomic mass is 10.2. The van der Waals surface area contributed by atoms with E-state index in [-0.39, 0.29) is 11.4 Å². The van der Waals surface area contributed by atoms with Crippen LogP contribution in [0.3, 0.4) is 0 Å². The van der Waals surface area contributed by atoms with Crippen LogP contribution >= 0.6 is 15.9 Å². The van der Waals surface area contributed by atoms with Crippen LogP contribution in [0.15, 0.2) is 74.7 Å². The molecule has 1 N–H and O–H groups in total. The van der Waals surface area contributed by atoms with Gasteiger partial charge in [-0.05, 0) is 36.4 Å².